The summed E-state index contributed by atoms with van der Waals surface area (Å²) in [6, 6.07) is 8.52. The molecule has 0 aromatic heterocycles. The van der Waals surface area contributed by atoms with Crippen LogP contribution in [0.25, 0.3) is 0 Å². The van der Waals surface area contributed by atoms with Crippen LogP contribution in [-0.2, 0) is 10.4 Å². The van der Waals surface area contributed by atoms with E-state index >= 15 is 0 Å². The number of aliphatic hydroxyl groups is 1. The lowest BCUT2D eigenvalue weighted by Gasteiger charge is -2.43. The molecule has 2 fully saturated rings. The molecule has 1 aliphatic carbocycles. The summed E-state index contributed by atoms with van der Waals surface area (Å²) in [5, 5.41) is 11.5. The average molecular weight is 366 g/mol. The topological polar surface area (TPSA) is 66.6 Å². The zero-order chi connectivity index (χ0) is 19.0. The Hall–Kier alpha value is -1.53. The molecule has 1 aromatic rings. The molecule has 0 radical (unpaired) electrons. The third kappa shape index (κ3) is 3.49. The van der Waals surface area contributed by atoms with Gasteiger partial charge in [-0.25, -0.2) is 8.78 Å². The van der Waals surface area contributed by atoms with E-state index in [1.54, 1.807) is 35.2 Å². The second kappa shape index (κ2) is 6.89. The molecular weight excluding hydrogens is 338 g/mol. The van der Waals surface area contributed by atoms with Gasteiger partial charge >= 0.3 is 0 Å². The van der Waals surface area contributed by atoms with Crippen LogP contribution in [0.15, 0.2) is 30.3 Å². The van der Waals surface area contributed by atoms with Crippen LogP contribution in [0.5, 0.6) is 0 Å². The molecule has 1 saturated heterocycles. The molecular formula is C20H28F2N2O2. The molecule has 0 spiro atoms. The molecule has 4 nitrogen and oxygen atoms in total. The first kappa shape index (κ1) is 19.2. The molecule has 3 rings (SSSR count). The second-order valence-corrected chi connectivity index (χ2v) is 7.94. The van der Waals surface area contributed by atoms with Crippen molar-refractivity contribution in [1.29, 1.82) is 0 Å². The lowest BCUT2D eigenvalue weighted by Crippen LogP contribution is -2.57. The number of benzene rings is 1. The van der Waals surface area contributed by atoms with E-state index in [1.807, 2.05) is 6.92 Å². The van der Waals surface area contributed by atoms with Crippen LogP contribution in [0.1, 0.15) is 51.0 Å². The van der Waals surface area contributed by atoms with Crippen LogP contribution in [-0.4, -0.2) is 40.5 Å². The van der Waals surface area contributed by atoms with Gasteiger partial charge in [-0.1, -0.05) is 37.3 Å². The van der Waals surface area contributed by atoms with E-state index in [9.17, 15) is 18.7 Å². The highest BCUT2D eigenvalue weighted by Gasteiger charge is 2.54. The number of rotatable bonds is 4. The first-order chi connectivity index (χ1) is 12.2. The highest BCUT2D eigenvalue weighted by molar-refractivity contribution is 5.87. The van der Waals surface area contributed by atoms with Gasteiger partial charge in [0.25, 0.3) is 5.91 Å². The van der Waals surface area contributed by atoms with E-state index in [2.05, 4.69) is 0 Å². The maximum atomic E-state index is 13.8. The van der Waals surface area contributed by atoms with E-state index < -0.39 is 29.8 Å². The number of alkyl halides is 2. The normalized spacial score (nSPS) is 27.1. The van der Waals surface area contributed by atoms with Gasteiger partial charge in [0.05, 0.1) is 0 Å². The largest absolute Gasteiger partial charge is 0.375 e. The molecule has 0 bridgehead atoms. The fraction of sp³-hybridized carbons (Fsp3) is 0.650. The Morgan fingerprint density at radius 3 is 2.38 bits per heavy atom. The highest BCUT2D eigenvalue weighted by Crippen LogP contribution is 2.48. The molecule has 1 aliphatic heterocycles. The first-order valence-corrected chi connectivity index (χ1v) is 9.44. The number of carbonyl (C=O) groups is 1. The molecule has 6 heteroatoms. The van der Waals surface area contributed by atoms with Gasteiger partial charge in [0, 0.05) is 37.4 Å². The van der Waals surface area contributed by atoms with Gasteiger partial charge in [-0.05, 0) is 31.2 Å². The number of likely N-dealkylation sites (tertiary alicyclic amines) is 1. The highest BCUT2D eigenvalue weighted by atomic mass is 19.3. The predicted molar refractivity (Wildman–Crippen MR) is 95.7 cm³/mol. The molecule has 2 aliphatic rings. The molecule has 26 heavy (non-hydrogen) atoms. The molecule has 1 aromatic carbocycles. The Labute approximate surface area is 153 Å². The van der Waals surface area contributed by atoms with Crippen LogP contribution in [0.3, 0.4) is 0 Å². The van der Waals surface area contributed by atoms with Gasteiger partial charge in [-0.15, -0.1) is 0 Å². The van der Waals surface area contributed by atoms with Crippen LogP contribution in [0, 0.1) is 5.92 Å². The smallest absolute Gasteiger partial charge is 0.259 e. The van der Waals surface area contributed by atoms with Crippen molar-refractivity contribution in [3.05, 3.63) is 35.9 Å². The summed E-state index contributed by atoms with van der Waals surface area (Å²) >= 11 is 0. The van der Waals surface area contributed by atoms with E-state index in [1.165, 1.54) is 0 Å². The molecule has 1 saturated carbocycles. The Kier molecular flexibility index (Phi) is 5.10. The number of carbonyl (C=O) groups excluding carboxylic acids is 1. The van der Waals surface area contributed by atoms with Crippen molar-refractivity contribution in [2.75, 3.05) is 13.1 Å². The number of hydrogen-bond donors (Lipinski definition) is 2. The van der Waals surface area contributed by atoms with Crippen molar-refractivity contribution in [2.45, 2.75) is 62.5 Å². The zero-order valence-electron chi connectivity index (χ0n) is 15.3. The van der Waals surface area contributed by atoms with Crippen LogP contribution < -0.4 is 5.73 Å². The minimum atomic E-state index is -2.83. The summed E-state index contributed by atoms with van der Waals surface area (Å²) in [6.45, 7) is 2.92. The monoisotopic (exact) mass is 366 g/mol. The summed E-state index contributed by atoms with van der Waals surface area (Å²) in [5.74, 6) is -4.09. The molecule has 1 amide bonds. The molecule has 2 unspecified atom stereocenters. The Bertz CT molecular complexity index is 644. The average Bonchev–Trinajstić information content (AvgIpc) is 3.02. The molecule has 3 N–H and O–H groups in total. The van der Waals surface area contributed by atoms with Gasteiger partial charge < -0.3 is 15.7 Å². The minimum Gasteiger partial charge on any atom is -0.375 e. The van der Waals surface area contributed by atoms with Crippen molar-refractivity contribution in [2.24, 2.45) is 11.7 Å². The van der Waals surface area contributed by atoms with Crippen molar-refractivity contribution in [3.63, 3.8) is 0 Å². The lowest BCUT2D eigenvalue weighted by molar-refractivity contribution is -0.162. The standard InChI is InChI=1S/C20H28F2N2O2/c1-2-18(23)10-12-24(13-11-18)17(25)20(26,15-6-4-3-5-7-15)16-8-9-19(21,22)14-16/h3-7,16,26H,2,8-14,23H2,1H3. The van der Waals surface area contributed by atoms with Crippen molar-refractivity contribution >= 4 is 5.91 Å². The number of amides is 1. The second-order valence-electron chi connectivity index (χ2n) is 7.94. The van der Waals surface area contributed by atoms with Gasteiger partial charge in [-0.2, -0.15) is 0 Å². The quantitative estimate of drug-likeness (QED) is 0.861. The van der Waals surface area contributed by atoms with Gasteiger partial charge in [0.2, 0.25) is 5.92 Å². The minimum absolute atomic E-state index is 0.133. The fourth-order valence-corrected chi connectivity index (χ4v) is 4.28. The molecule has 2 atom stereocenters. The maximum absolute atomic E-state index is 13.8. The van der Waals surface area contributed by atoms with Gasteiger partial charge in [-0.3, -0.25) is 4.79 Å². The summed E-state index contributed by atoms with van der Waals surface area (Å²) in [4.78, 5) is 14.9. The predicted octanol–water partition coefficient (Wildman–Crippen LogP) is 3.04. The first-order valence-electron chi connectivity index (χ1n) is 9.44. The van der Waals surface area contributed by atoms with E-state index in [4.69, 9.17) is 5.73 Å². The van der Waals surface area contributed by atoms with Crippen molar-refractivity contribution in [1.82, 2.24) is 4.90 Å². The summed E-state index contributed by atoms with van der Waals surface area (Å²) in [5.41, 5.74) is 4.49. The summed E-state index contributed by atoms with van der Waals surface area (Å²) in [6.07, 6.45) is 1.51. The number of hydrogen-bond acceptors (Lipinski definition) is 3. The number of nitrogens with two attached hydrogens (primary N) is 1. The Balaban J connectivity index is 1.88. The SMILES string of the molecule is CCC1(N)CCN(C(=O)C(O)(c2ccccc2)C2CCC(F)(F)C2)CC1. The lowest BCUT2D eigenvalue weighted by atomic mass is 9.77. The Morgan fingerprint density at radius 1 is 1.27 bits per heavy atom. The van der Waals surface area contributed by atoms with Crippen molar-refractivity contribution < 1.29 is 18.7 Å². The number of piperidine rings is 1. The molecule has 144 valence electrons. The van der Waals surface area contributed by atoms with Crippen molar-refractivity contribution in [3.8, 4) is 0 Å². The van der Waals surface area contributed by atoms with E-state index in [-0.39, 0.29) is 18.4 Å². The third-order valence-electron chi connectivity index (χ3n) is 6.28. The summed E-state index contributed by atoms with van der Waals surface area (Å²) in [7, 11) is 0. The van der Waals surface area contributed by atoms with E-state index in [0.29, 0.717) is 31.5 Å². The Morgan fingerprint density at radius 2 is 1.88 bits per heavy atom. The zero-order valence-corrected chi connectivity index (χ0v) is 15.3. The number of nitrogens with zero attached hydrogens (tertiary/aromatic N) is 1. The maximum Gasteiger partial charge on any atom is 0.259 e. The third-order valence-corrected chi connectivity index (χ3v) is 6.28. The van der Waals surface area contributed by atoms with Crippen LogP contribution in [0.4, 0.5) is 8.78 Å². The van der Waals surface area contributed by atoms with Crippen LogP contribution >= 0.6 is 0 Å². The van der Waals surface area contributed by atoms with Gasteiger partial charge in [0.1, 0.15) is 0 Å². The number of halogens is 2. The molecule has 1 heterocycles. The van der Waals surface area contributed by atoms with E-state index in [0.717, 1.165) is 6.42 Å². The summed E-state index contributed by atoms with van der Waals surface area (Å²) < 4.78 is 27.7. The van der Waals surface area contributed by atoms with Gasteiger partial charge in [0.15, 0.2) is 5.60 Å². The van der Waals surface area contributed by atoms with Crippen LogP contribution in [0.2, 0.25) is 0 Å². The fourth-order valence-electron chi connectivity index (χ4n) is 4.28.